The van der Waals surface area contributed by atoms with Crippen LogP contribution in [0.5, 0.6) is 5.75 Å². The highest BCUT2D eigenvalue weighted by Gasteiger charge is 2.40. The van der Waals surface area contributed by atoms with E-state index in [-0.39, 0.29) is 5.60 Å². The van der Waals surface area contributed by atoms with Gasteiger partial charge in [0.1, 0.15) is 11.4 Å². The Morgan fingerprint density at radius 2 is 1.96 bits per heavy atom. The van der Waals surface area contributed by atoms with E-state index in [2.05, 4.69) is 66.3 Å². The minimum atomic E-state index is -0.0756. The monoisotopic (exact) mass is 354 g/mol. The number of aromatic nitrogens is 2. The van der Waals surface area contributed by atoms with Gasteiger partial charge in [0.05, 0.1) is 5.69 Å². The van der Waals surface area contributed by atoms with Crippen molar-refractivity contribution in [3.8, 4) is 5.75 Å². The molecule has 2 aliphatic rings. The van der Waals surface area contributed by atoms with E-state index in [1.165, 1.54) is 11.1 Å². The molecule has 0 unspecified atom stereocenters. The van der Waals surface area contributed by atoms with Crippen LogP contribution in [-0.2, 0) is 19.6 Å². The molecule has 0 bridgehead atoms. The molecule has 5 nitrogen and oxygen atoms in total. The van der Waals surface area contributed by atoms with Crippen LogP contribution in [0.2, 0.25) is 0 Å². The third-order valence-electron chi connectivity index (χ3n) is 5.87. The maximum atomic E-state index is 6.67. The van der Waals surface area contributed by atoms with Crippen molar-refractivity contribution in [3.05, 3.63) is 47.3 Å². The molecule has 0 radical (unpaired) electrons. The van der Waals surface area contributed by atoms with Crippen LogP contribution in [-0.4, -0.2) is 51.9 Å². The van der Waals surface area contributed by atoms with Crippen LogP contribution in [0, 0.1) is 6.92 Å². The van der Waals surface area contributed by atoms with Gasteiger partial charge in [-0.3, -0.25) is 9.58 Å². The van der Waals surface area contributed by atoms with Gasteiger partial charge in [-0.05, 0) is 27.0 Å². The fraction of sp³-hybridized carbons (Fsp3) is 0.571. The van der Waals surface area contributed by atoms with Crippen LogP contribution >= 0.6 is 0 Å². The van der Waals surface area contributed by atoms with E-state index in [0.29, 0.717) is 0 Å². The molecule has 0 saturated carbocycles. The van der Waals surface area contributed by atoms with Crippen molar-refractivity contribution in [3.63, 3.8) is 0 Å². The summed E-state index contributed by atoms with van der Waals surface area (Å²) in [5.41, 5.74) is 3.69. The summed E-state index contributed by atoms with van der Waals surface area (Å²) in [5, 5.41) is 4.63. The lowest BCUT2D eigenvalue weighted by Gasteiger charge is -2.42. The first-order chi connectivity index (χ1) is 12.6. The third kappa shape index (κ3) is 3.51. The molecule has 1 spiro atoms. The minimum Gasteiger partial charge on any atom is -0.486 e. The van der Waals surface area contributed by atoms with Crippen molar-refractivity contribution in [2.75, 3.05) is 26.7 Å². The molecule has 1 saturated heterocycles. The molecule has 2 aromatic rings. The Bertz CT molecular complexity index is 761. The number of nitrogens with zero attached hydrogens (tertiary/aromatic N) is 4. The highest BCUT2D eigenvalue weighted by molar-refractivity contribution is 5.35. The van der Waals surface area contributed by atoms with Crippen molar-refractivity contribution in [2.24, 2.45) is 0 Å². The van der Waals surface area contributed by atoms with Crippen molar-refractivity contribution in [2.45, 2.75) is 51.9 Å². The lowest BCUT2D eigenvalue weighted by molar-refractivity contribution is -0.0146. The molecular formula is C21H30N4O. The van der Waals surface area contributed by atoms with E-state index < -0.39 is 0 Å². The van der Waals surface area contributed by atoms with Crippen molar-refractivity contribution in [1.29, 1.82) is 0 Å². The maximum Gasteiger partial charge on any atom is 0.124 e. The molecule has 1 aromatic carbocycles. The molecule has 5 heteroatoms. The Morgan fingerprint density at radius 3 is 2.69 bits per heavy atom. The molecule has 140 valence electrons. The number of fused-ring (bicyclic) bond motifs is 1. The third-order valence-corrected chi connectivity index (χ3v) is 5.87. The second kappa shape index (κ2) is 7.05. The van der Waals surface area contributed by atoms with E-state index >= 15 is 0 Å². The first kappa shape index (κ1) is 17.6. The lowest BCUT2D eigenvalue weighted by atomic mass is 9.90. The Morgan fingerprint density at radius 1 is 1.19 bits per heavy atom. The number of piperidine rings is 1. The van der Waals surface area contributed by atoms with Crippen LogP contribution in [0.15, 0.2) is 30.5 Å². The number of hydrogen-bond donors (Lipinski definition) is 0. The number of benzene rings is 1. The topological polar surface area (TPSA) is 33.5 Å². The van der Waals surface area contributed by atoms with E-state index in [1.807, 2.05) is 4.68 Å². The SMILES string of the molecule is CCn1cc(CN2Cc3ccccc3OC3(CCN(C)CC3)C2)c(C)n1. The molecule has 4 rings (SSSR count). The van der Waals surface area contributed by atoms with E-state index in [1.54, 1.807) is 0 Å². The quantitative estimate of drug-likeness (QED) is 0.848. The average molecular weight is 354 g/mol. The summed E-state index contributed by atoms with van der Waals surface area (Å²) in [5.74, 6) is 1.07. The molecule has 3 heterocycles. The Balaban J connectivity index is 1.62. The normalized spacial score (nSPS) is 20.6. The number of rotatable bonds is 3. The zero-order valence-electron chi connectivity index (χ0n) is 16.2. The van der Waals surface area contributed by atoms with Gasteiger partial charge >= 0.3 is 0 Å². The van der Waals surface area contributed by atoms with Crippen LogP contribution in [0.25, 0.3) is 0 Å². The van der Waals surface area contributed by atoms with Crippen LogP contribution in [0.4, 0.5) is 0 Å². The molecule has 0 aliphatic carbocycles. The lowest BCUT2D eigenvalue weighted by Crippen LogP contribution is -2.52. The van der Waals surface area contributed by atoms with E-state index in [4.69, 9.17) is 4.74 Å². The predicted octanol–water partition coefficient (Wildman–Crippen LogP) is 3.07. The van der Waals surface area contributed by atoms with Gasteiger partial charge < -0.3 is 9.64 Å². The standard InChI is InChI=1S/C21H30N4O/c1-4-25-15-19(17(2)22-25)14-24-13-18-7-5-6-8-20(18)26-21(16-24)9-11-23(3)12-10-21/h5-8,15H,4,9-14,16H2,1-3H3. The molecule has 1 aromatic heterocycles. The highest BCUT2D eigenvalue weighted by Crippen LogP contribution is 2.35. The fourth-order valence-electron chi connectivity index (χ4n) is 4.22. The number of likely N-dealkylation sites (tertiary alicyclic amines) is 1. The van der Waals surface area contributed by atoms with Gasteiger partial charge in [-0.2, -0.15) is 5.10 Å². The van der Waals surface area contributed by atoms with Crippen molar-refractivity contribution in [1.82, 2.24) is 19.6 Å². The second-order valence-electron chi connectivity index (χ2n) is 7.94. The average Bonchev–Trinajstić information content (AvgIpc) is 2.91. The summed E-state index contributed by atoms with van der Waals surface area (Å²) >= 11 is 0. The molecular weight excluding hydrogens is 324 g/mol. The predicted molar refractivity (Wildman–Crippen MR) is 103 cm³/mol. The Kier molecular flexibility index (Phi) is 4.76. The summed E-state index contributed by atoms with van der Waals surface area (Å²) in [6.45, 7) is 10.2. The van der Waals surface area contributed by atoms with E-state index in [9.17, 15) is 0 Å². The van der Waals surface area contributed by atoms with Gasteiger partial charge in [-0.1, -0.05) is 18.2 Å². The van der Waals surface area contributed by atoms with Gasteiger partial charge in [0.15, 0.2) is 0 Å². The number of ether oxygens (including phenoxy) is 1. The fourth-order valence-corrected chi connectivity index (χ4v) is 4.22. The van der Waals surface area contributed by atoms with Crippen LogP contribution < -0.4 is 4.74 Å². The molecule has 2 aliphatic heterocycles. The smallest absolute Gasteiger partial charge is 0.124 e. The van der Waals surface area contributed by atoms with Gasteiger partial charge in [0.25, 0.3) is 0 Å². The molecule has 0 N–H and O–H groups in total. The Labute approximate surface area is 156 Å². The number of aryl methyl sites for hydroxylation is 2. The van der Waals surface area contributed by atoms with Gasteiger partial charge in [0.2, 0.25) is 0 Å². The van der Waals surface area contributed by atoms with Crippen molar-refractivity contribution >= 4 is 0 Å². The Hall–Kier alpha value is -1.85. The number of hydrogen-bond acceptors (Lipinski definition) is 4. The maximum absolute atomic E-state index is 6.67. The van der Waals surface area contributed by atoms with Crippen LogP contribution in [0.3, 0.4) is 0 Å². The van der Waals surface area contributed by atoms with Crippen LogP contribution in [0.1, 0.15) is 36.6 Å². The first-order valence-corrected chi connectivity index (χ1v) is 9.78. The summed E-state index contributed by atoms with van der Waals surface area (Å²) in [4.78, 5) is 4.96. The van der Waals surface area contributed by atoms with E-state index in [0.717, 1.165) is 63.6 Å². The largest absolute Gasteiger partial charge is 0.486 e. The van der Waals surface area contributed by atoms with Gasteiger partial charge in [0, 0.05) is 69.4 Å². The minimum absolute atomic E-state index is 0.0756. The summed E-state index contributed by atoms with van der Waals surface area (Å²) < 4.78 is 8.71. The molecule has 0 amide bonds. The number of para-hydroxylation sites is 1. The van der Waals surface area contributed by atoms with Gasteiger partial charge in [-0.25, -0.2) is 0 Å². The zero-order valence-corrected chi connectivity index (χ0v) is 16.2. The molecule has 1 fully saturated rings. The summed E-state index contributed by atoms with van der Waals surface area (Å²) in [7, 11) is 2.21. The summed E-state index contributed by atoms with van der Waals surface area (Å²) in [6, 6.07) is 8.55. The summed E-state index contributed by atoms with van der Waals surface area (Å²) in [6.07, 6.45) is 4.37. The highest BCUT2D eigenvalue weighted by atomic mass is 16.5. The zero-order chi connectivity index (χ0) is 18.1. The first-order valence-electron chi connectivity index (χ1n) is 9.78. The van der Waals surface area contributed by atoms with Crippen molar-refractivity contribution < 1.29 is 4.74 Å². The molecule has 0 atom stereocenters. The van der Waals surface area contributed by atoms with Gasteiger partial charge in [-0.15, -0.1) is 0 Å². The molecule has 26 heavy (non-hydrogen) atoms. The second-order valence-corrected chi connectivity index (χ2v) is 7.94.